The maximum Gasteiger partial charge on any atom is 0.336 e. The number of hydrogen-bond acceptors (Lipinski definition) is 24. The molecule has 4 aliphatic heterocycles. The second kappa shape index (κ2) is 26.5. The van der Waals surface area contributed by atoms with E-state index in [1.165, 1.54) is 26.0 Å². The van der Waals surface area contributed by atoms with E-state index in [-0.39, 0.29) is 11.1 Å². The van der Waals surface area contributed by atoms with Crippen LogP contribution >= 0.6 is 0 Å². The van der Waals surface area contributed by atoms with Gasteiger partial charge in [-0.05, 0) is 27.7 Å². The van der Waals surface area contributed by atoms with Crippen LogP contribution in [-0.4, -0.2) is 233 Å². The molecular formula is C44H64O24. The average Bonchev–Trinajstić information content (AvgIpc) is 3.31. The van der Waals surface area contributed by atoms with E-state index < -0.39 is 161 Å². The van der Waals surface area contributed by atoms with Crippen molar-refractivity contribution in [1.82, 2.24) is 0 Å². The van der Waals surface area contributed by atoms with E-state index in [1.807, 2.05) is 0 Å². The van der Waals surface area contributed by atoms with Gasteiger partial charge in [0.25, 0.3) is 0 Å². The van der Waals surface area contributed by atoms with E-state index in [2.05, 4.69) is 0 Å². The Kier molecular flexibility index (Phi) is 22.2. The molecule has 20 atom stereocenters. The van der Waals surface area contributed by atoms with E-state index in [4.69, 9.17) is 37.9 Å². The van der Waals surface area contributed by atoms with Gasteiger partial charge in [0, 0.05) is 11.1 Å². The van der Waals surface area contributed by atoms with E-state index in [0.29, 0.717) is 0 Å². The molecule has 24 heteroatoms. The zero-order valence-electron chi connectivity index (χ0n) is 37.5. The third-order valence-corrected chi connectivity index (χ3v) is 11.2. The zero-order valence-corrected chi connectivity index (χ0v) is 37.5. The predicted octanol–water partition coefficient (Wildman–Crippen LogP) is -5.23. The minimum Gasteiger partial charge on any atom is -0.429 e. The molecule has 24 nitrogen and oxygen atoms in total. The zero-order chi connectivity index (χ0) is 50.6. The van der Waals surface area contributed by atoms with Crippen LogP contribution in [0.1, 0.15) is 27.7 Å². The minimum absolute atomic E-state index is 0.0726. The molecule has 4 fully saturated rings. The van der Waals surface area contributed by atoms with Crippen molar-refractivity contribution in [3.8, 4) is 0 Å². The summed E-state index contributed by atoms with van der Waals surface area (Å²) < 4.78 is 42.7. The summed E-state index contributed by atoms with van der Waals surface area (Å²) in [6.07, 6.45) is -16.8. The third-order valence-electron chi connectivity index (χ3n) is 11.2. The van der Waals surface area contributed by atoms with Crippen LogP contribution in [0.5, 0.6) is 0 Å². The summed E-state index contributed by atoms with van der Waals surface area (Å²) >= 11 is 0. The molecule has 4 heterocycles. The molecule has 384 valence electrons. The summed E-state index contributed by atoms with van der Waals surface area (Å²) in [4.78, 5) is 25.6. The normalized spacial score (nSPS) is 40.3. The van der Waals surface area contributed by atoms with Gasteiger partial charge < -0.3 is 109 Å². The topological polar surface area (TPSA) is 391 Å². The maximum atomic E-state index is 12.8. The molecule has 0 amide bonds. The molecule has 0 aliphatic carbocycles. The molecule has 0 aromatic heterocycles. The highest BCUT2D eigenvalue weighted by atomic mass is 16.8. The predicted molar refractivity (Wildman–Crippen MR) is 227 cm³/mol. The number of allylic oxidation sites excluding steroid dienone is 12. The number of carbonyl (C=O) groups is 2. The fourth-order valence-corrected chi connectivity index (χ4v) is 6.84. The average molecular weight is 977 g/mol. The Morgan fingerprint density at radius 3 is 1.01 bits per heavy atom. The summed E-state index contributed by atoms with van der Waals surface area (Å²) in [5.41, 5.74) is 1.68. The Morgan fingerprint density at radius 1 is 0.397 bits per heavy atom. The monoisotopic (exact) mass is 976 g/mol. The molecule has 4 aliphatic rings. The Labute approximate surface area is 390 Å². The lowest BCUT2D eigenvalue weighted by Crippen LogP contribution is -2.61. The van der Waals surface area contributed by atoms with E-state index in [1.54, 1.807) is 62.5 Å². The first-order valence-electron chi connectivity index (χ1n) is 21.5. The quantitative estimate of drug-likeness (QED) is 0.0347. The molecule has 4 saturated heterocycles. The van der Waals surface area contributed by atoms with Crippen molar-refractivity contribution >= 4 is 11.9 Å². The summed E-state index contributed by atoms with van der Waals surface area (Å²) in [7, 11) is 0. The number of esters is 2. The Morgan fingerprint density at radius 2 is 0.691 bits per heavy atom. The molecule has 0 aromatic rings. The SMILES string of the molecule is CC(C=CC=C(C)C(=O)O[C@@H]1O[C@H](CO[C@@H]2O[C@H](CO)[C@@H](O)[C@H](O)[C@H]2O)[C@@H](O)[C@H](O)[C@H]1O)=C/C=C/C=C(C)C=CC=C(C)C(=O)O[C@@H]1O[C@H](CO[C@@H]2O[C@H](CO)[C@@H](O)[C@H](O)[C@H]2O)[C@@H](O)[C@H](O)[C@H]1O. The smallest absolute Gasteiger partial charge is 0.336 e. The number of ether oxygens (including phenoxy) is 8. The van der Waals surface area contributed by atoms with Gasteiger partial charge in [-0.1, -0.05) is 71.9 Å². The molecule has 4 rings (SSSR count). The number of aliphatic hydroxyl groups excluding tert-OH is 14. The van der Waals surface area contributed by atoms with Gasteiger partial charge in [0.2, 0.25) is 12.6 Å². The van der Waals surface area contributed by atoms with Crippen LogP contribution in [0.4, 0.5) is 0 Å². The minimum atomic E-state index is -1.86. The van der Waals surface area contributed by atoms with Crippen molar-refractivity contribution < 1.29 is 119 Å². The van der Waals surface area contributed by atoms with Gasteiger partial charge in [0.1, 0.15) is 97.7 Å². The maximum absolute atomic E-state index is 12.8. The van der Waals surface area contributed by atoms with Crippen LogP contribution in [0, 0.1) is 0 Å². The standard InChI is InChI=1S/C44H64O24/c1-19(11-7-13-21(3)39(59)67-43-37(57)33(53)29(49)25(65-43)17-61-41-35(55)31(51)27(47)23(15-45)63-41)9-5-6-10-20(2)12-8-14-22(4)40(60)68-44-38(58)34(54)30(50)26(66-44)18-62-42-36(56)32(52)28(48)24(16-46)64-42/h5-14,23-38,41-58H,15-18H2,1-4H3/b6-5+,11-7?,12-8?,19-9?,20-10?,21-13?,22-14?/t23-,24-,25-,26-,27-,28-,29-,30-,31+,32+,33+,34+,35-,36-,37-,38-,41-,42-,43+,44+/m1/s1. The lowest BCUT2D eigenvalue weighted by molar-refractivity contribution is -0.326. The van der Waals surface area contributed by atoms with Crippen LogP contribution in [-0.2, 0) is 47.5 Å². The lowest BCUT2D eigenvalue weighted by Gasteiger charge is -2.42. The number of aliphatic hydroxyl groups is 14. The van der Waals surface area contributed by atoms with Crippen molar-refractivity contribution in [1.29, 1.82) is 0 Å². The molecule has 0 saturated carbocycles. The second-order valence-corrected chi connectivity index (χ2v) is 16.5. The van der Waals surface area contributed by atoms with Gasteiger partial charge in [0.15, 0.2) is 12.6 Å². The van der Waals surface area contributed by atoms with Gasteiger partial charge in [-0.25, -0.2) is 9.59 Å². The number of hydrogen-bond donors (Lipinski definition) is 14. The Bertz CT molecular complexity index is 1730. The molecule has 0 aromatic carbocycles. The van der Waals surface area contributed by atoms with Crippen molar-refractivity contribution in [2.24, 2.45) is 0 Å². The van der Waals surface area contributed by atoms with Gasteiger partial charge in [0.05, 0.1) is 26.4 Å². The largest absolute Gasteiger partial charge is 0.429 e. The van der Waals surface area contributed by atoms with E-state index in [0.717, 1.165) is 11.1 Å². The van der Waals surface area contributed by atoms with Gasteiger partial charge in [-0.15, -0.1) is 0 Å². The first kappa shape index (κ1) is 56.9. The Balaban J connectivity index is 1.23. The number of carbonyl (C=O) groups excluding carboxylic acids is 2. The van der Waals surface area contributed by atoms with Crippen LogP contribution in [0.25, 0.3) is 0 Å². The second-order valence-electron chi connectivity index (χ2n) is 16.5. The fraction of sp³-hybridized carbons (Fsp3) is 0.636. The van der Waals surface area contributed by atoms with Crippen molar-refractivity contribution in [2.45, 2.75) is 151 Å². The fourth-order valence-electron chi connectivity index (χ4n) is 6.84. The highest BCUT2D eigenvalue weighted by Crippen LogP contribution is 2.28. The Hall–Kier alpha value is -3.68. The van der Waals surface area contributed by atoms with Crippen molar-refractivity contribution in [2.75, 3.05) is 26.4 Å². The van der Waals surface area contributed by atoms with Crippen molar-refractivity contribution in [3.63, 3.8) is 0 Å². The van der Waals surface area contributed by atoms with Crippen LogP contribution in [0.2, 0.25) is 0 Å². The van der Waals surface area contributed by atoms with Crippen molar-refractivity contribution in [3.05, 3.63) is 83.1 Å². The molecule has 0 unspecified atom stereocenters. The van der Waals surface area contributed by atoms with Gasteiger partial charge in [-0.3, -0.25) is 0 Å². The van der Waals surface area contributed by atoms with Gasteiger partial charge >= 0.3 is 11.9 Å². The summed E-state index contributed by atoms with van der Waals surface area (Å²) in [5, 5.41) is 142. The molecule has 68 heavy (non-hydrogen) atoms. The van der Waals surface area contributed by atoms with Gasteiger partial charge in [-0.2, -0.15) is 0 Å². The van der Waals surface area contributed by atoms with Crippen LogP contribution in [0.15, 0.2) is 83.1 Å². The number of rotatable bonds is 18. The molecule has 0 bridgehead atoms. The van der Waals surface area contributed by atoms with E-state index >= 15 is 0 Å². The molecule has 14 N–H and O–H groups in total. The summed E-state index contributed by atoms with van der Waals surface area (Å²) in [5.74, 6) is -1.86. The van der Waals surface area contributed by atoms with Crippen LogP contribution < -0.4 is 0 Å². The third kappa shape index (κ3) is 14.9. The first-order valence-corrected chi connectivity index (χ1v) is 21.5. The summed E-state index contributed by atoms with van der Waals surface area (Å²) in [6.45, 7) is 3.80. The molecular weight excluding hydrogens is 912 g/mol. The summed E-state index contributed by atoms with van der Waals surface area (Å²) in [6, 6.07) is 0. The molecule has 0 radical (unpaired) electrons. The highest BCUT2D eigenvalue weighted by molar-refractivity contribution is 5.88. The highest BCUT2D eigenvalue weighted by Gasteiger charge is 2.50. The lowest BCUT2D eigenvalue weighted by atomic mass is 9.98. The van der Waals surface area contributed by atoms with Crippen LogP contribution in [0.3, 0.4) is 0 Å². The van der Waals surface area contributed by atoms with E-state index in [9.17, 15) is 81.1 Å². The first-order chi connectivity index (χ1) is 32.1. The molecule has 0 spiro atoms.